The van der Waals surface area contributed by atoms with E-state index in [0.29, 0.717) is 5.54 Å². The Morgan fingerprint density at radius 1 is 1.00 bits per heavy atom. The Morgan fingerprint density at radius 3 is 2.33 bits per heavy atom. The van der Waals surface area contributed by atoms with E-state index in [2.05, 4.69) is 29.4 Å². The number of anilines is 2. The van der Waals surface area contributed by atoms with Gasteiger partial charge in [-0.3, -0.25) is 0 Å². The zero-order valence-corrected chi connectivity index (χ0v) is 13.4. The fraction of sp³-hybridized carbons (Fsp3) is 0.647. The van der Waals surface area contributed by atoms with E-state index in [9.17, 15) is 0 Å². The average molecular weight is 290 g/mol. The minimum absolute atomic E-state index is 0.302. The van der Waals surface area contributed by atoms with Crippen molar-refractivity contribution >= 4 is 11.4 Å². The van der Waals surface area contributed by atoms with Crippen molar-refractivity contribution in [3.8, 4) is 11.5 Å². The average Bonchev–Trinajstić information content (AvgIpc) is 2.65. The summed E-state index contributed by atoms with van der Waals surface area (Å²) in [6, 6.07) is 4.18. The van der Waals surface area contributed by atoms with Crippen LogP contribution in [0.15, 0.2) is 12.1 Å². The minimum atomic E-state index is 0.302. The molecule has 1 spiro atoms. The molecule has 0 aromatic heterocycles. The van der Waals surface area contributed by atoms with Crippen LogP contribution >= 0.6 is 0 Å². The normalized spacial score (nSPS) is 20.4. The molecule has 21 heavy (non-hydrogen) atoms. The largest absolute Gasteiger partial charge is 0.493 e. The van der Waals surface area contributed by atoms with Gasteiger partial charge < -0.3 is 19.7 Å². The lowest BCUT2D eigenvalue weighted by Crippen LogP contribution is -2.48. The Labute approximate surface area is 127 Å². The van der Waals surface area contributed by atoms with Crippen LogP contribution in [-0.2, 0) is 0 Å². The summed E-state index contributed by atoms with van der Waals surface area (Å²) in [6.07, 6.45) is 7.84. The SMILES string of the molecule is COc1cc2c(cc1OC)N(C)C1(CCCCC1)CCN2. The van der Waals surface area contributed by atoms with E-state index < -0.39 is 0 Å². The molecule has 0 saturated heterocycles. The molecule has 0 radical (unpaired) electrons. The van der Waals surface area contributed by atoms with Crippen molar-refractivity contribution in [1.29, 1.82) is 0 Å². The molecule has 0 unspecified atom stereocenters. The molecule has 116 valence electrons. The topological polar surface area (TPSA) is 33.7 Å². The molecule has 4 nitrogen and oxygen atoms in total. The molecular formula is C17H26N2O2. The molecule has 0 amide bonds. The van der Waals surface area contributed by atoms with Crippen LogP contribution in [0.2, 0.25) is 0 Å². The van der Waals surface area contributed by atoms with Gasteiger partial charge in [-0.05, 0) is 19.3 Å². The lowest BCUT2D eigenvalue weighted by atomic mass is 9.78. The van der Waals surface area contributed by atoms with Gasteiger partial charge in [0.25, 0.3) is 0 Å². The van der Waals surface area contributed by atoms with E-state index in [-0.39, 0.29) is 0 Å². The first-order chi connectivity index (χ1) is 10.2. The minimum Gasteiger partial charge on any atom is -0.493 e. The predicted octanol–water partition coefficient (Wildman–Crippen LogP) is 3.66. The van der Waals surface area contributed by atoms with Crippen molar-refractivity contribution in [2.45, 2.75) is 44.1 Å². The van der Waals surface area contributed by atoms with Crippen LogP contribution in [0.3, 0.4) is 0 Å². The molecule has 3 rings (SSSR count). The second-order valence-electron chi connectivity index (χ2n) is 6.25. The Balaban J connectivity index is 2.03. The van der Waals surface area contributed by atoms with Crippen LogP contribution in [0.1, 0.15) is 38.5 Å². The van der Waals surface area contributed by atoms with Gasteiger partial charge in [0.2, 0.25) is 0 Å². The number of hydrogen-bond donors (Lipinski definition) is 1. The summed E-state index contributed by atoms with van der Waals surface area (Å²) in [5.41, 5.74) is 2.68. The van der Waals surface area contributed by atoms with E-state index in [1.165, 1.54) is 44.2 Å². The van der Waals surface area contributed by atoms with Crippen LogP contribution in [-0.4, -0.2) is 33.4 Å². The summed E-state index contributed by atoms with van der Waals surface area (Å²) in [5, 5.41) is 3.58. The molecule has 4 heteroatoms. The molecule has 1 aromatic carbocycles. The van der Waals surface area contributed by atoms with Crippen LogP contribution in [0, 0.1) is 0 Å². The molecule has 1 heterocycles. The van der Waals surface area contributed by atoms with Crippen molar-refractivity contribution < 1.29 is 9.47 Å². The number of ether oxygens (including phenoxy) is 2. The molecule has 1 saturated carbocycles. The molecule has 0 bridgehead atoms. The summed E-state index contributed by atoms with van der Waals surface area (Å²) < 4.78 is 10.9. The Kier molecular flexibility index (Phi) is 3.87. The molecule has 1 N–H and O–H groups in total. The number of methoxy groups -OCH3 is 2. The van der Waals surface area contributed by atoms with Gasteiger partial charge in [0, 0.05) is 31.3 Å². The van der Waals surface area contributed by atoms with Crippen molar-refractivity contribution in [3.63, 3.8) is 0 Å². The maximum absolute atomic E-state index is 5.49. The zero-order chi connectivity index (χ0) is 14.9. The van der Waals surface area contributed by atoms with Gasteiger partial charge in [-0.15, -0.1) is 0 Å². The first kappa shape index (κ1) is 14.4. The molecule has 2 aliphatic rings. The third-order valence-corrected chi connectivity index (χ3v) is 5.26. The maximum atomic E-state index is 5.49. The molecular weight excluding hydrogens is 264 g/mol. The van der Waals surface area contributed by atoms with Crippen LogP contribution in [0.5, 0.6) is 11.5 Å². The molecule has 1 aliphatic carbocycles. The molecule has 1 aromatic rings. The Bertz CT molecular complexity index is 510. The van der Waals surface area contributed by atoms with Crippen LogP contribution in [0.4, 0.5) is 11.4 Å². The fourth-order valence-corrected chi connectivity index (χ4v) is 3.94. The van der Waals surface area contributed by atoms with Crippen molar-refractivity contribution in [2.75, 3.05) is 38.0 Å². The number of rotatable bonds is 2. The smallest absolute Gasteiger partial charge is 0.162 e. The first-order valence-corrected chi connectivity index (χ1v) is 7.94. The van der Waals surface area contributed by atoms with E-state index in [1.54, 1.807) is 14.2 Å². The molecule has 0 atom stereocenters. The third-order valence-electron chi connectivity index (χ3n) is 5.26. The number of nitrogens with one attached hydrogen (secondary N) is 1. The highest BCUT2D eigenvalue weighted by molar-refractivity contribution is 5.76. The van der Waals surface area contributed by atoms with E-state index >= 15 is 0 Å². The Morgan fingerprint density at radius 2 is 1.67 bits per heavy atom. The van der Waals surface area contributed by atoms with Gasteiger partial charge >= 0.3 is 0 Å². The van der Waals surface area contributed by atoms with Gasteiger partial charge in [-0.1, -0.05) is 19.3 Å². The lowest BCUT2D eigenvalue weighted by Gasteiger charge is -2.45. The van der Waals surface area contributed by atoms with E-state index in [1.807, 2.05) is 0 Å². The van der Waals surface area contributed by atoms with Crippen molar-refractivity contribution in [3.05, 3.63) is 12.1 Å². The number of nitrogens with zero attached hydrogens (tertiary/aromatic N) is 1. The van der Waals surface area contributed by atoms with Gasteiger partial charge in [0.15, 0.2) is 11.5 Å². The van der Waals surface area contributed by atoms with Gasteiger partial charge in [0.1, 0.15) is 0 Å². The van der Waals surface area contributed by atoms with Crippen molar-refractivity contribution in [1.82, 2.24) is 0 Å². The van der Waals surface area contributed by atoms with Gasteiger partial charge in [-0.2, -0.15) is 0 Å². The molecule has 1 aliphatic heterocycles. The summed E-state index contributed by atoms with van der Waals surface area (Å²) in [7, 11) is 5.63. The number of benzene rings is 1. The van der Waals surface area contributed by atoms with Crippen LogP contribution in [0.25, 0.3) is 0 Å². The third kappa shape index (κ3) is 2.41. The highest BCUT2D eigenvalue weighted by Gasteiger charge is 2.38. The van der Waals surface area contributed by atoms with Crippen molar-refractivity contribution in [2.24, 2.45) is 0 Å². The quantitative estimate of drug-likeness (QED) is 0.901. The second-order valence-corrected chi connectivity index (χ2v) is 6.25. The Hall–Kier alpha value is -1.58. The predicted molar refractivity (Wildman–Crippen MR) is 86.9 cm³/mol. The summed E-state index contributed by atoms with van der Waals surface area (Å²) in [5.74, 6) is 1.59. The van der Waals surface area contributed by atoms with Crippen LogP contribution < -0.4 is 19.7 Å². The number of hydrogen-bond acceptors (Lipinski definition) is 4. The first-order valence-electron chi connectivity index (χ1n) is 7.94. The zero-order valence-electron chi connectivity index (χ0n) is 13.4. The number of fused-ring (bicyclic) bond motifs is 1. The van der Waals surface area contributed by atoms with Gasteiger partial charge in [0.05, 0.1) is 25.6 Å². The standard InChI is InChI=1S/C17H26N2O2/c1-19-14-12-16(21-3)15(20-2)11-13(14)18-10-9-17(19)7-5-4-6-8-17/h11-12,18H,4-10H2,1-3H3. The highest BCUT2D eigenvalue weighted by Crippen LogP contribution is 2.46. The van der Waals surface area contributed by atoms with E-state index in [0.717, 1.165) is 23.7 Å². The summed E-state index contributed by atoms with van der Waals surface area (Å²) in [4.78, 5) is 2.49. The van der Waals surface area contributed by atoms with E-state index in [4.69, 9.17) is 9.47 Å². The fourth-order valence-electron chi connectivity index (χ4n) is 3.94. The summed E-state index contributed by atoms with van der Waals surface area (Å²) in [6.45, 7) is 1.02. The lowest BCUT2D eigenvalue weighted by molar-refractivity contribution is 0.274. The maximum Gasteiger partial charge on any atom is 0.162 e. The molecule has 1 fully saturated rings. The second kappa shape index (κ2) is 5.66. The highest BCUT2D eigenvalue weighted by atomic mass is 16.5. The van der Waals surface area contributed by atoms with Gasteiger partial charge in [-0.25, -0.2) is 0 Å². The summed E-state index contributed by atoms with van der Waals surface area (Å²) >= 11 is 0. The monoisotopic (exact) mass is 290 g/mol.